The van der Waals surface area contributed by atoms with Crippen LogP contribution in [0.5, 0.6) is 0 Å². The summed E-state index contributed by atoms with van der Waals surface area (Å²) < 4.78 is 27.3. The molecule has 112 valence electrons. The van der Waals surface area contributed by atoms with Gasteiger partial charge in [0, 0.05) is 18.3 Å². The van der Waals surface area contributed by atoms with Gasteiger partial charge in [-0.25, -0.2) is 8.42 Å². The number of nitrogen functional groups attached to an aromatic ring is 1. The first kappa shape index (κ1) is 16.7. The molecule has 0 aromatic heterocycles. The first-order valence-electron chi connectivity index (χ1n) is 6.63. The molecule has 0 heterocycles. The molecule has 0 fully saturated rings. The zero-order valence-corrected chi connectivity index (χ0v) is 13.7. The van der Waals surface area contributed by atoms with E-state index in [-0.39, 0.29) is 12.6 Å². The van der Waals surface area contributed by atoms with E-state index < -0.39 is 10.0 Å². The Morgan fingerprint density at radius 2 is 1.85 bits per heavy atom. The summed E-state index contributed by atoms with van der Waals surface area (Å²) in [6.07, 6.45) is 1.60. The molecule has 2 N–H and O–H groups in total. The molecule has 1 aromatic carbocycles. The van der Waals surface area contributed by atoms with Gasteiger partial charge in [0.1, 0.15) is 0 Å². The molecule has 0 unspecified atom stereocenters. The maximum absolute atomic E-state index is 12.9. The van der Waals surface area contributed by atoms with Crippen LogP contribution >= 0.6 is 0 Å². The number of hydrogen-bond donors (Lipinski definition) is 1. The fourth-order valence-corrected chi connectivity index (χ4v) is 4.40. The Labute approximate surface area is 122 Å². The summed E-state index contributed by atoms with van der Waals surface area (Å²) in [5, 5.41) is 0. The lowest BCUT2D eigenvalue weighted by atomic mass is 10.1. The van der Waals surface area contributed by atoms with Crippen molar-refractivity contribution in [3.8, 4) is 0 Å². The van der Waals surface area contributed by atoms with E-state index in [1.54, 1.807) is 13.0 Å². The molecule has 0 spiro atoms. The summed E-state index contributed by atoms with van der Waals surface area (Å²) in [4.78, 5) is 0.325. The molecule has 0 aliphatic carbocycles. The van der Waals surface area contributed by atoms with E-state index in [9.17, 15) is 8.42 Å². The van der Waals surface area contributed by atoms with Crippen molar-refractivity contribution >= 4 is 15.7 Å². The zero-order chi connectivity index (χ0) is 15.7. The Kier molecular flexibility index (Phi) is 5.00. The predicted octanol–water partition coefficient (Wildman–Crippen LogP) is 2.78. The molecule has 1 rings (SSSR count). The third-order valence-electron chi connectivity index (χ3n) is 3.53. The van der Waals surface area contributed by atoms with Crippen molar-refractivity contribution in [1.82, 2.24) is 4.31 Å². The largest absolute Gasteiger partial charge is 0.398 e. The number of hydrogen-bond acceptors (Lipinski definition) is 3. The SMILES string of the molecule is C=CCN(C(C)C)S(=O)(=O)c1c(C)c(C)cc(N)c1C. The topological polar surface area (TPSA) is 63.4 Å². The van der Waals surface area contributed by atoms with Crippen LogP contribution in [0.3, 0.4) is 0 Å². The van der Waals surface area contributed by atoms with Crippen LogP contribution < -0.4 is 5.73 Å². The highest BCUT2D eigenvalue weighted by atomic mass is 32.2. The van der Waals surface area contributed by atoms with Gasteiger partial charge in [0.05, 0.1) is 4.90 Å². The minimum absolute atomic E-state index is 0.140. The molecular weight excluding hydrogens is 272 g/mol. The highest BCUT2D eigenvalue weighted by Crippen LogP contribution is 2.30. The molecular formula is C15H24N2O2S. The molecule has 0 bridgehead atoms. The normalized spacial score (nSPS) is 12.2. The molecule has 0 radical (unpaired) electrons. The standard InChI is InChI=1S/C15H24N2O2S/c1-7-8-17(10(2)3)20(18,19)15-12(5)11(4)9-14(16)13(15)6/h7,9-10H,1,8,16H2,2-6H3. The number of nitrogens with two attached hydrogens (primary N) is 1. The van der Waals surface area contributed by atoms with Crippen LogP contribution in [0.4, 0.5) is 5.69 Å². The molecule has 20 heavy (non-hydrogen) atoms. The van der Waals surface area contributed by atoms with E-state index in [0.717, 1.165) is 11.1 Å². The van der Waals surface area contributed by atoms with Gasteiger partial charge in [-0.15, -0.1) is 6.58 Å². The number of aryl methyl sites for hydroxylation is 1. The Morgan fingerprint density at radius 1 is 1.30 bits per heavy atom. The lowest BCUT2D eigenvalue weighted by molar-refractivity contribution is 0.382. The van der Waals surface area contributed by atoms with E-state index in [1.807, 2.05) is 33.8 Å². The Hall–Kier alpha value is -1.33. The zero-order valence-electron chi connectivity index (χ0n) is 12.9. The quantitative estimate of drug-likeness (QED) is 0.671. The fourth-order valence-electron chi connectivity index (χ4n) is 2.26. The summed E-state index contributed by atoms with van der Waals surface area (Å²) in [5.74, 6) is 0. The van der Waals surface area contributed by atoms with Gasteiger partial charge in [0.2, 0.25) is 10.0 Å². The molecule has 5 heteroatoms. The monoisotopic (exact) mass is 296 g/mol. The Morgan fingerprint density at radius 3 is 2.30 bits per heavy atom. The van der Waals surface area contributed by atoms with Gasteiger partial charge in [-0.05, 0) is 57.4 Å². The van der Waals surface area contributed by atoms with Crippen molar-refractivity contribution in [3.63, 3.8) is 0 Å². The fraction of sp³-hybridized carbons (Fsp3) is 0.467. The van der Waals surface area contributed by atoms with Crippen LogP contribution in [0.25, 0.3) is 0 Å². The highest BCUT2D eigenvalue weighted by Gasteiger charge is 2.30. The second-order valence-electron chi connectivity index (χ2n) is 5.32. The maximum Gasteiger partial charge on any atom is 0.244 e. The van der Waals surface area contributed by atoms with E-state index in [2.05, 4.69) is 6.58 Å². The lowest BCUT2D eigenvalue weighted by Crippen LogP contribution is -2.37. The number of nitrogens with zero attached hydrogens (tertiary/aromatic N) is 1. The third kappa shape index (κ3) is 2.88. The second-order valence-corrected chi connectivity index (χ2v) is 7.15. The molecule has 0 aliphatic heterocycles. The highest BCUT2D eigenvalue weighted by molar-refractivity contribution is 7.89. The van der Waals surface area contributed by atoms with E-state index in [1.165, 1.54) is 4.31 Å². The van der Waals surface area contributed by atoms with Gasteiger partial charge in [0.15, 0.2) is 0 Å². The average Bonchev–Trinajstić information content (AvgIpc) is 2.32. The van der Waals surface area contributed by atoms with Crippen molar-refractivity contribution < 1.29 is 8.42 Å². The van der Waals surface area contributed by atoms with Crippen molar-refractivity contribution in [3.05, 3.63) is 35.4 Å². The van der Waals surface area contributed by atoms with Gasteiger partial charge in [-0.2, -0.15) is 4.31 Å². The smallest absolute Gasteiger partial charge is 0.244 e. The van der Waals surface area contributed by atoms with E-state index in [0.29, 0.717) is 16.1 Å². The van der Waals surface area contributed by atoms with E-state index >= 15 is 0 Å². The van der Waals surface area contributed by atoms with Gasteiger partial charge in [0.25, 0.3) is 0 Å². The molecule has 0 atom stereocenters. The summed E-state index contributed by atoms with van der Waals surface area (Å²) in [5.41, 5.74) is 8.70. The van der Waals surface area contributed by atoms with Crippen LogP contribution in [0, 0.1) is 20.8 Å². The number of benzene rings is 1. The van der Waals surface area contributed by atoms with E-state index in [4.69, 9.17) is 5.73 Å². The first-order valence-corrected chi connectivity index (χ1v) is 8.07. The number of anilines is 1. The second kappa shape index (κ2) is 5.97. The van der Waals surface area contributed by atoms with Crippen molar-refractivity contribution in [1.29, 1.82) is 0 Å². The minimum Gasteiger partial charge on any atom is -0.398 e. The number of sulfonamides is 1. The molecule has 0 aliphatic rings. The minimum atomic E-state index is -3.59. The van der Waals surface area contributed by atoms with Crippen LogP contribution in [-0.4, -0.2) is 25.3 Å². The predicted molar refractivity (Wildman–Crippen MR) is 84.3 cm³/mol. The van der Waals surface area contributed by atoms with Gasteiger partial charge in [-0.1, -0.05) is 6.08 Å². The molecule has 4 nitrogen and oxygen atoms in total. The molecule has 0 saturated heterocycles. The molecule has 1 aromatic rings. The summed E-state index contributed by atoms with van der Waals surface area (Å²) in [7, 11) is -3.59. The average molecular weight is 296 g/mol. The van der Waals surface area contributed by atoms with Crippen LogP contribution in [0.2, 0.25) is 0 Å². The van der Waals surface area contributed by atoms with Gasteiger partial charge in [-0.3, -0.25) is 0 Å². The summed E-state index contributed by atoms with van der Waals surface area (Å²) >= 11 is 0. The summed E-state index contributed by atoms with van der Waals surface area (Å²) in [6, 6.07) is 1.68. The van der Waals surface area contributed by atoms with Crippen molar-refractivity contribution in [2.45, 2.75) is 45.6 Å². The van der Waals surface area contributed by atoms with Crippen LogP contribution in [-0.2, 0) is 10.0 Å². The molecule has 0 saturated carbocycles. The first-order chi connectivity index (χ1) is 9.14. The van der Waals surface area contributed by atoms with Gasteiger partial charge >= 0.3 is 0 Å². The van der Waals surface area contributed by atoms with Crippen LogP contribution in [0.1, 0.15) is 30.5 Å². The van der Waals surface area contributed by atoms with Crippen molar-refractivity contribution in [2.75, 3.05) is 12.3 Å². The van der Waals surface area contributed by atoms with Crippen LogP contribution in [0.15, 0.2) is 23.6 Å². The third-order valence-corrected chi connectivity index (χ3v) is 5.85. The molecule has 0 amide bonds. The maximum atomic E-state index is 12.9. The van der Waals surface area contributed by atoms with Crippen molar-refractivity contribution in [2.24, 2.45) is 0 Å². The Balaban J connectivity index is 3.61. The lowest BCUT2D eigenvalue weighted by Gasteiger charge is -2.27. The van der Waals surface area contributed by atoms with Gasteiger partial charge < -0.3 is 5.73 Å². The number of rotatable bonds is 5. The summed E-state index contributed by atoms with van der Waals surface area (Å²) in [6.45, 7) is 13.1. The Bertz CT molecular complexity index is 593.